The van der Waals surface area contributed by atoms with Crippen LogP contribution in [0.5, 0.6) is 0 Å². The number of hydrogen-bond acceptors (Lipinski definition) is 4. The third-order valence-electron chi connectivity index (χ3n) is 3.05. The number of benzene rings is 1. The highest BCUT2D eigenvalue weighted by atomic mass is 16.5. The first kappa shape index (κ1) is 13.2. The molecule has 1 aromatic carbocycles. The van der Waals surface area contributed by atoms with Crippen LogP contribution in [0.25, 0.3) is 6.08 Å². The van der Waals surface area contributed by atoms with Gasteiger partial charge in [0.2, 0.25) is 5.78 Å². The summed E-state index contributed by atoms with van der Waals surface area (Å²) in [6.45, 7) is 3.66. The van der Waals surface area contributed by atoms with E-state index in [1.165, 1.54) is 7.11 Å². The van der Waals surface area contributed by atoms with Crippen LogP contribution in [0, 0.1) is 12.8 Å². The molecule has 0 bridgehead atoms. The fourth-order valence-corrected chi connectivity index (χ4v) is 1.97. The molecule has 1 heterocycles. The molecule has 0 fully saturated rings. The summed E-state index contributed by atoms with van der Waals surface area (Å²) in [6, 6.07) is 7.73. The number of ether oxygens (including phenoxy) is 1. The number of aryl methyl sites for hydroxylation is 1. The largest absolute Gasteiger partial charge is 0.468 e. The smallest absolute Gasteiger partial charge is 0.322 e. The molecule has 0 N–H and O–H groups in total. The van der Waals surface area contributed by atoms with Gasteiger partial charge in [0.05, 0.1) is 7.11 Å². The van der Waals surface area contributed by atoms with E-state index in [0.29, 0.717) is 11.4 Å². The highest BCUT2D eigenvalue weighted by molar-refractivity contribution is 6.28. The summed E-state index contributed by atoms with van der Waals surface area (Å²) in [6.07, 6.45) is 1.69. The molecular weight excluding hydrogens is 242 g/mol. The minimum absolute atomic E-state index is 0.301. The van der Waals surface area contributed by atoms with Crippen LogP contribution in [-0.2, 0) is 14.3 Å². The fourth-order valence-electron chi connectivity index (χ4n) is 1.97. The molecule has 0 aliphatic carbocycles. The van der Waals surface area contributed by atoms with Gasteiger partial charge in [0.15, 0.2) is 5.92 Å². The second kappa shape index (κ2) is 5.18. The number of carbonyl (C=O) groups excluding carboxylic acids is 2. The molecule has 98 valence electrons. The zero-order valence-electron chi connectivity index (χ0n) is 11.1. The molecule has 0 saturated carbocycles. The third-order valence-corrected chi connectivity index (χ3v) is 3.05. The van der Waals surface area contributed by atoms with Crippen LogP contribution in [0.1, 0.15) is 18.1 Å². The first-order chi connectivity index (χ1) is 9.02. The van der Waals surface area contributed by atoms with E-state index in [-0.39, 0.29) is 5.78 Å². The number of nitrogens with zero attached hydrogens (tertiary/aromatic N) is 1. The lowest BCUT2D eigenvalue weighted by atomic mass is 10.0. The summed E-state index contributed by atoms with van der Waals surface area (Å²) in [5, 5.41) is 0. The van der Waals surface area contributed by atoms with E-state index in [1.54, 1.807) is 13.0 Å². The van der Waals surface area contributed by atoms with E-state index in [0.717, 1.165) is 11.1 Å². The zero-order valence-corrected chi connectivity index (χ0v) is 11.1. The molecule has 0 aromatic heterocycles. The average Bonchev–Trinajstić information content (AvgIpc) is 2.66. The van der Waals surface area contributed by atoms with Gasteiger partial charge in [-0.3, -0.25) is 14.6 Å². The lowest BCUT2D eigenvalue weighted by molar-refractivity contribution is -0.145. The SMILES string of the molecule is COC(=O)C1C(=O)C(=Cc2ccc(C)cc2)N=C1C. The summed E-state index contributed by atoms with van der Waals surface area (Å²) in [7, 11) is 1.27. The molecule has 1 unspecified atom stereocenters. The number of hydrogen-bond donors (Lipinski definition) is 0. The van der Waals surface area contributed by atoms with E-state index in [4.69, 9.17) is 0 Å². The second-order valence-electron chi connectivity index (χ2n) is 4.51. The summed E-state index contributed by atoms with van der Waals surface area (Å²) < 4.78 is 4.62. The number of esters is 1. The number of ketones is 1. The Morgan fingerprint density at radius 1 is 1.26 bits per heavy atom. The number of Topliss-reactive ketones (excluding diaryl/α,β-unsaturated/α-hetero) is 1. The molecule has 0 spiro atoms. The monoisotopic (exact) mass is 257 g/mol. The molecule has 2 rings (SSSR count). The quantitative estimate of drug-likeness (QED) is 0.463. The van der Waals surface area contributed by atoms with Crippen molar-refractivity contribution in [2.75, 3.05) is 7.11 Å². The summed E-state index contributed by atoms with van der Waals surface area (Å²) >= 11 is 0. The Morgan fingerprint density at radius 3 is 2.47 bits per heavy atom. The van der Waals surface area contributed by atoms with Gasteiger partial charge in [0, 0.05) is 5.71 Å². The van der Waals surface area contributed by atoms with Crippen molar-refractivity contribution in [1.29, 1.82) is 0 Å². The first-order valence-corrected chi connectivity index (χ1v) is 5.98. The molecule has 4 heteroatoms. The molecule has 1 aliphatic heterocycles. The van der Waals surface area contributed by atoms with Gasteiger partial charge in [-0.25, -0.2) is 0 Å². The van der Waals surface area contributed by atoms with Gasteiger partial charge in [0.25, 0.3) is 0 Å². The van der Waals surface area contributed by atoms with Crippen LogP contribution < -0.4 is 0 Å². The molecule has 1 aromatic rings. The maximum Gasteiger partial charge on any atom is 0.322 e. The van der Waals surface area contributed by atoms with E-state index < -0.39 is 11.9 Å². The van der Waals surface area contributed by atoms with E-state index in [1.807, 2.05) is 31.2 Å². The summed E-state index contributed by atoms with van der Waals surface area (Å²) in [5.41, 5.74) is 2.81. The lowest BCUT2D eigenvalue weighted by Gasteiger charge is -2.04. The van der Waals surface area contributed by atoms with E-state index >= 15 is 0 Å². The number of methoxy groups -OCH3 is 1. The third kappa shape index (κ3) is 2.62. The predicted molar refractivity (Wildman–Crippen MR) is 72.8 cm³/mol. The molecule has 0 amide bonds. The maximum atomic E-state index is 12.1. The lowest BCUT2D eigenvalue weighted by Crippen LogP contribution is -2.27. The predicted octanol–water partition coefficient (Wildman–Crippen LogP) is 2.17. The van der Waals surface area contributed by atoms with Crippen LogP contribution >= 0.6 is 0 Å². The minimum atomic E-state index is -0.887. The maximum absolute atomic E-state index is 12.1. The molecule has 19 heavy (non-hydrogen) atoms. The van der Waals surface area contributed by atoms with Crippen molar-refractivity contribution in [3.63, 3.8) is 0 Å². The van der Waals surface area contributed by atoms with Gasteiger partial charge < -0.3 is 4.74 Å². The first-order valence-electron chi connectivity index (χ1n) is 5.98. The highest BCUT2D eigenvalue weighted by Gasteiger charge is 2.37. The van der Waals surface area contributed by atoms with Gasteiger partial charge in [0.1, 0.15) is 5.70 Å². The normalized spacial score (nSPS) is 20.6. The second-order valence-corrected chi connectivity index (χ2v) is 4.51. The average molecular weight is 257 g/mol. The Kier molecular flexibility index (Phi) is 3.60. The van der Waals surface area contributed by atoms with Crippen molar-refractivity contribution in [3.05, 3.63) is 41.1 Å². The van der Waals surface area contributed by atoms with Crippen LogP contribution in [0.2, 0.25) is 0 Å². The van der Waals surface area contributed by atoms with Crippen LogP contribution in [0.4, 0.5) is 0 Å². The Bertz CT molecular complexity index is 582. The van der Waals surface area contributed by atoms with Crippen molar-refractivity contribution in [2.24, 2.45) is 10.9 Å². The van der Waals surface area contributed by atoms with Crippen LogP contribution in [0.3, 0.4) is 0 Å². The fraction of sp³-hybridized carbons (Fsp3) is 0.267. The van der Waals surface area contributed by atoms with Gasteiger partial charge in [-0.2, -0.15) is 0 Å². The Labute approximate surface area is 111 Å². The topological polar surface area (TPSA) is 55.7 Å². The summed E-state index contributed by atoms with van der Waals surface area (Å²) in [4.78, 5) is 27.8. The van der Waals surface area contributed by atoms with Gasteiger partial charge in [-0.1, -0.05) is 29.8 Å². The highest BCUT2D eigenvalue weighted by Crippen LogP contribution is 2.23. The zero-order chi connectivity index (χ0) is 14.0. The molecule has 1 atom stereocenters. The van der Waals surface area contributed by atoms with Gasteiger partial charge >= 0.3 is 5.97 Å². The number of aliphatic imine (C=N–C) groups is 1. The van der Waals surface area contributed by atoms with Crippen molar-refractivity contribution in [1.82, 2.24) is 0 Å². The van der Waals surface area contributed by atoms with Gasteiger partial charge in [-0.05, 0) is 25.5 Å². The molecule has 1 aliphatic rings. The van der Waals surface area contributed by atoms with Crippen LogP contribution in [0.15, 0.2) is 35.0 Å². The van der Waals surface area contributed by atoms with Crippen molar-refractivity contribution >= 4 is 23.5 Å². The van der Waals surface area contributed by atoms with Crippen molar-refractivity contribution < 1.29 is 14.3 Å². The number of carbonyl (C=O) groups is 2. The van der Waals surface area contributed by atoms with Crippen LogP contribution in [-0.4, -0.2) is 24.6 Å². The van der Waals surface area contributed by atoms with Crippen molar-refractivity contribution in [2.45, 2.75) is 13.8 Å². The molecule has 4 nitrogen and oxygen atoms in total. The van der Waals surface area contributed by atoms with E-state index in [9.17, 15) is 9.59 Å². The molecular formula is C15H15NO3. The minimum Gasteiger partial charge on any atom is -0.468 e. The van der Waals surface area contributed by atoms with E-state index in [2.05, 4.69) is 9.73 Å². The Balaban J connectivity index is 2.30. The molecule has 0 saturated heterocycles. The van der Waals surface area contributed by atoms with Crippen molar-refractivity contribution in [3.8, 4) is 0 Å². The summed E-state index contributed by atoms with van der Waals surface area (Å²) in [5.74, 6) is -1.75. The standard InChI is InChI=1S/C15H15NO3/c1-9-4-6-11(7-5-9)8-12-14(17)13(10(2)16-12)15(18)19-3/h4-8,13H,1-3H3. The molecule has 0 radical (unpaired) electrons. The Hall–Kier alpha value is -2.23. The Morgan fingerprint density at radius 2 is 1.89 bits per heavy atom. The number of allylic oxidation sites excluding steroid dienone is 1. The number of rotatable bonds is 2. The van der Waals surface area contributed by atoms with Gasteiger partial charge in [-0.15, -0.1) is 0 Å².